The molecule has 1 N–H and O–H groups in total. The van der Waals surface area contributed by atoms with Gasteiger partial charge in [0.15, 0.2) is 0 Å². The number of rotatable bonds is 3. The molecular weight excluding hydrogens is 246 g/mol. The van der Waals surface area contributed by atoms with Crippen LogP contribution in [-0.4, -0.2) is 23.6 Å². The molecule has 2 heterocycles. The van der Waals surface area contributed by atoms with Crippen LogP contribution >= 0.6 is 0 Å². The fourth-order valence-electron chi connectivity index (χ4n) is 2.76. The lowest BCUT2D eigenvalue weighted by atomic mass is 9.84. The van der Waals surface area contributed by atoms with Crippen LogP contribution in [0.25, 0.3) is 0 Å². The second-order valence-corrected chi connectivity index (χ2v) is 7.80. The summed E-state index contributed by atoms with van der Waals surface area (Å²) in [5.74, 6) is 0. The van der Waals surface area contributed by atoms with E-state index >= 15 is 0 Å². The smallest absolute Gasteiger partial charge is 0.0562 e. The third-order valence-corrected chi connectivity index (χ3v) is 3.87. The molecule has 0 atom stereocenters. The van der Waals surface area contributed by atoms with Gasteiger partial charge in [0.1, 0.15) is 0 Å². The summed E-state index contributed by atoms with van der Waals surface area (Å²) in [7, 11) is 0. The fraction of sp³-hybridized carbons (Fsp3) is 0.706. The van der Waals surface area contributed by atoms with Gasteiger partial charge in [0.05, 0.1) is 5.69 Å². The van der Waals surface area contributed by atoms with Crippen molar-refractivity contribution in [3.63, 3.8) is 0 Å². The van der Waals surface area contributed by atoms with Gasteiger partial charge < -0.3 is 10.2 Å². The summed E-state index contributed by atoms with van der Waals surface area (Å²) < 4.78 is 0. The molecule has 20 heavy (non-hydrogen) atoms. The largest absolute Gasteiger partial charge is 0.371 e. The summed E-state index contributed by atoms with van der Waals surface area (Å²) in [4.78, 5) is 6.99. The Morgan fingerprint density at radius 2 is 2.10 bits per heavy atom. The average Bonchev–Trinajstić information content (AvgIpc) is 2.35. The van der Waals surface area contributed by atoms with Gasteiger partial charge in [0.25, 0.3) is 0 Å². The number of piperidine rings is 1. The van der Waals surface area contributed by atoms with Crippen LogP contribution in [0.1, 0.15) is 53.2 Å². The maximum absolute atomic E-state index is 4.48. The molecule has 0 bridgehead atoms. The Morgan fingerprint density at radius 1 is 1.35 bits per heavy atom. The lowest BCUT2D eigenvalue weighted by molar-refractivity contribution is 0.293. The first-order valence-electron chi connectivity index (χ1n) is 7.70. The second kappa shape index (κ2) is 5.72. The van der Waals surface area contributed by atoms with Crippen molar-refractivity contribution in [3.8, 4) is 0 Å². The van der Waals surface area contributed by atoms with Gasteiger partial charge in [-0.2, -0.15) is 0 Å². The molecule has 0 amide bonds. The Bertz CT molecular complexity index is 446. The third-order valence-electron chi connectivity index (χ3n) is 3.87. The SMILES string of the molecule is CC1(C)CCCN(c2ccnc(CNC(C)(C)C)c2)C1. The van der Waals surface area contributed by atoms with Crippen molar-refractivity contribution in [2.75, 3.05) is 18.0 Å². The molecule has 1 aliphatic heterocycles. The Kier molecular flexibility index (Phi) is 4.38. The zero-order chi connectivity index (χ0) is 14.8. The quantitative estimate of drug-likeness (QED) is 0.913. The highest BCUT2D eigenvalue weighted by Gasteiger charge is 2.26. The van der Waals surface area contributed by atoms with Crippen LogP contribution in [-0.2, 0) is 6.54 Å². The summed E-state index contributed by atoms with van der Waals surface area (Å²) in [6.07, 6.45) is 4.55. The second-order valence-electron chi connectivity index (χ2n) is 7.80. The zero-order valence-corrected chi connectivity index (χ0v) is 13.7. The van der Waals surface area contributed by atoms with E-state index in [-0.39, 0.29) is 5.54 Å². The molecule has 1 aromatic rings. The molecule has 0 radical (unpaired) electrons. The van der Waals surface area contributed by atoms with E-state index in [1.807, 2.05) is 6.20 Å². The van der Waals surface area contributed by atoms with Gasteiger partial charge in [0, 0.05) is 37.1 Å². The van der Waals surface area contributed by atoms with E-state index in [4.69, 9.17) is 0 Å². The Labute approximate surface area is 123 Å². The van der Waals surface area contributed by atoms with Crippen LogP contribution in [0.2, 0.25) is 0 Å². The highest BCUT2D eigenvalue weighted by Crippen LogP contribution is 2.31. The monoisotopic (exact) mass is 275 g/mol. The molecule has 0 unspecified atom stereocenters. The van der Waals surface area contributed by atoms with E-state index < -0.39 is 0 Å². The molecule has 2 rings (SSSR count). The molecule has 0 saturated carbocycles. The lowest BCUT2D eigenvalue weighted by Crippen LogP contribution is -2.40. The number of pyridine rings is 1. The molecule has 1 saturated heterocycles. The van der Waals surface area contributed by atoms with Gasteiger partial charge in [-0.05, 0) is 51.2 Å². The van der Waals surface area contributed by atoms with E-state index in [0.29, 0.717) is 5.41 Å². The molecular formula is C17H29N3. The van der Waals surface area contributed by atoms with E-state index in [2.05, 4.69) is 62.0 Å². The number of nitrogens with zero attached hydrogens (tertiary/aromatic N) is 2. The van der Waals surface area contributed by atoms with Crippen LogP contribution in [0.5, 0.6) is 0 Å². The summed E-state index contributed by atoms with van der Waals surface area (Å²) >= 11 is 0. The number of anilines is 1. The minimum absolute atomic E-state index is 0.130. The van der Waals surface area contributed by atoms with Crippen molar-refractivity contribution in [1.82, 2.24) is 10.3 Å². The van der Waals surface area contributed by atoms with E-state index in [1.165, 1.54) is 25.1 Å². The van der Waals surface area contributed by atoms with Gasteiger partial charge >= 0.3 is 0 Å². The fourth-order valence-corrected chi connectivity index (χ4v) is 2.76. The number of hydrogen-bond acceptors (Lipinski definition) is 3. The normalized spacial score (nSPS) is 19.1. The lowest BCUT2D eigenvalue weighted by Gasteiger charge is -2.39. The first kappa shape index (κ1) is 15.3. The van der Waals surface area contributed by atoms with Crippen molar-refractivity contribution in [2.45, 2.75) is 59.5 Å². The molecule has 1 fully saturated rings. The van der Waals surface area contributed by atoms with Crippen LogP contribution in [0.4, 0.5) is 5.69 Å². The van der Waals surface area contributed by atoms with Crippen LogP contribution in [0.3, 0.4) is 0 Å². The molecule has 1 aliphatic rings. The maximum Gasteiger partial charge on any atom is 0.0562 e. The molecule has 0 aliphatic carbocycles. The molecule has 0 aromatic carbocycles. The molecule has 0 spiro atoms. The predicted molar refractivity (Wildman–Crippen MR) is 86.1 cm³/mol. The van der Waals surface area contributed by atoms with Crippen LogP contribution in [0, 0.1) is 5.41 Å². The topological polar surface area (TPSA) is 28.2 Å². The number of aromatic nitrogens is 1. The molecule has 112 valence electrons. The van der Waals surface area contributed by atoms with Crippen molar-refractivity contribution >= 4 is 5.69 Å². The highest BCUT2D eigenvalue weighted by molar-refractivity contribution is 5.47. The van der Waals surface area contributed by atoms with Gasteiger partial charge in [-0.3, -0.25) is 4.98 Å². The molecule has 3 nitrogen and oxygen atoms in total. The summed E-state index contributed by atoms with van der Waals surface area (Å²) in [5, 5.41) is 3.50. The van der Waals surface area contributed by atoms with Crippen LogP contribution < -0.4 is 10.2 Å². The minimum Gasteiger partial charge on any atom is -0.371 e. The number of hydrogen-bond donors (Lipinski definition) is 1. The average molecular weight is 275 g/mol. The van der Waals surface area contributed by atoms with E-state index in [0.717, 1.165) is 18.8 Å². The summed E-state index contributed by atoms with van der Waals surface area (Å²) in [5.41, 5.74) is 3.00. The van der Waals surface area contributed by atoms with Crippen molar-refractivity contribution < 1.29 is 0 Å². The van der Waals surface area contributed by atoms with Gasteiger partial charge in [-0.25, -0.2) is 0 Å². The first-order chi connectivity index (χ1) is 9.25. The van der Waals surface area contributed by atoms with Gasteiger partial charge in [-0.1, -0.05) is 13.8 Å². The zero-order valence-electron chi connectivity index (χ0n) is 13.7. The van der Waals surface area contributed by atoms with Crippen molar-refractivity contribution in [1.29, 1.82) is 0 Å². The third kappa shape index (κ3) is 4.48. The summed E-state index contributed by atoms with van der Waals surface area (Å²) in [6.45, 7) is 14.4. The Morgan fingerprint density at radius 3 is 2.75 bits per heavy atom. The molecule has 1 aromatic heterocycles. The Hall–Kier alpha value is -1.09. The predicted octanol–water partition coefficient (Wildman–Crippen LogP) is 3.60. The molecule has 3 heteroatoms. The standard InChI is InChI=1S/C17H29N3/c1-16(2,3)19-12-14-11-15(7-9-18-14)20-10-6-8-17(4,5)13-20/h7,9,11,19H,6,8,10,12-13H2,1-5H3. The highest BCUT2D eigenvalue weighted by atomic mass is 15.1. The van der Waals surface area contributed by atoms with Gasteiger partial charge in [0.2, 0.25) is 0 Å². The maximum atomic E-state index is 4.48. The Balaban J connectivity index is 2.05. The van der Waals surface area contributed by atoms with Crippen molar-refractivity contribution in [3.05, 3.63) is 24.0 Å². The van der Waals surface area contributed by atoms with Crippen molar-refractivity contribution in [2.24, 2.45) is 5.41 Å². The summed E-state index contributed by atoms with van der Waals surface area (Å²) in [6, 6.07) is 4.38. The van der Waals surface area contributed by atoms with Crippen LogP contribution in [0.15, 0.2) is 18.3 Å². The van der Waals surface area contributed by atoms with E-state index in [9.17, 15) is 0 Å². The van der Waals surface area contributed by atoms with Gasteiger partial charge in [-0.15, -0.1) is 0 Å². The first-order valence-corrected chi connectivity index (χ1v) is 7.70. The number of nitrogens with one attached hydrogen (secondary N) is 1. The minimum atomic E-state index is 0.130. The van der Waals surface area contributed by atoms with E-state index in [1.54, 1.807) is 0 Å².